The van der Waals surface area contributed by atoms with E-state index in [0.29, 0.717) is 29.2 Å². The summed E-state index contributed by atoms with van der Waals surface area (Å²) in [5, 5.41) is 10.3. The van der Waals surface area contributed by atoms with Gasteiger partial charge < -0.3 is 5.11 Å². The zero-order valence-corrected chi connectivity index (χ0v) is 10.9. The van der Waals surface area contributed by atoms with Gasteiger partial charge in [0.05, 0.1) is 6.10 Å². The maximum atomic E-state index is 13.8. The first-order chi connectivity index (χ1) is 8.65. The Labute approximate surface area is 111 Å². The van der Waals surface area contributed by atoms with Gasteiger partial charge in [-0.2, -0.15) is 0 Å². The van der Waals surface area contributed by atoms with Crippen LogP contribution < -0.4 is 0 Å². The average Bonchev–Trinajstić information content (AvgIpc) is 2.56. The monoisotopic (exact) mass is 269 g/mol. The van der Waals surface area contributed by atoms with Crippen molar-refractivity contribution >= 4 is 11.6 Å². The Bertz CT molecular complexity index is 419. The van der Waals surface area contributed by atoms with Gasteiger partial charge in [-0.25, -0.2) is 4.39 Å². The number of hydrogen-bond acceptors (Lipinski definition) is 2. The second-order valence-corrected chi connectivity index (χ2v) is 5.79. The summed E-state index contributed by atoms with van der Waals surface area (Å²) in [7, 11) is 0. The number of aliphatic hydroxyl groups is 1. The number of benzene rings is 1. The maximum absolute atomic E-state index is 13.8. The van der Waals surface area contributed by atoms with Crippen molar-refractivity contribution in [3.05, 3.63) is 34.6 Å². The Hall–Kier alpha value is -0.640. The fourth-order valence-electron chi connectivity index (χ4n) is 3.37. The molecule has 2 atom stereocenters. The number of hydrogen-bond donors (Lipinski definition) is 1. The third kappa shape index (κ3) is 2.15. The Balaban J connectivity index is 1.81. The third-order valence-corrected chi connectivity index (χ3v) is 4.62. The molecule has 98 valence electrons. The number of rotatable bonds is 2. The van der Waals surface area contributed by atoms with Crippen molar-refractivity contribution in [2.75, 3.05) is 0 Å². The highest BCUT2D eigenvalue weighted by Gasteiger charge is 2.40. The number of nitrogens with zero attached hydrogens (tertiary/aromatic N) is 1. The molecule has 1 N–H and O–H groups in total. The van der Waals surface area contributed by atoms with E-state index in [9.17, 15) is 9.50 Å². The van der Waals surface area contributed by atoms with E-state index in [0.717, 1.165) is 25.7 Å². The lowest BCUT2D eigenvalue weighted by Crippen LogP contribution is -2.44. The van der Waals surface area contributed by atoms with Gasteiger partial charge in [0.25, 0.3) is 0 Å². The van der Waals surface area contributed by atoms with Crippen LogP contribution in [0.1, 0.15) is 31.2 Å². The molecule has 0 aliphatic carbocycles. The Morgan fingerprint density at radius 3 is 2.56 bits per heavy atom. The van der Waals surface area contributed by atoms with Gasteiger partial charge >= 0.3 is 0 Å². The van der Waals surface area contributed by atoms with Crippen LogP contribution in [0.25, 0.3) is 0 Å². The number of aliphatic hydroxyl groups excluding tert-OH is 1. The predicted molar refractivity (Wildman–Crippen MR) is 69.0 cm³/mol. The van der Waals surface area contributed by atoms with Crippen LogP contribution in [-0.4, -0.2) is 28.2 Å². The summed E-state index contributed by atoms with van der Waals surface area (Å²) in [4.78, 5) is 2.32. The van der Waals surface area contributed by atoms with E-state index in [2.05, 4.69) is 4.90 Å². The van der Waals surface area contributed by atoms with Crippen LogP contribution in [0.4, 0.5) is 4.39 Å². The topological polar surface area (TPSA) is 23.5 Å². The molecule has 0 saturated carbocycles. The summed E-state index contributed by atoms with van der Waals surface area (Å²) >= 11 is 6.08. The van der Waals surface area contributed by atoms with Gasteiger partial charge in [0, 0.05) is 29.2 Å². The molecule has 1 aromatic carbocycles. The van der Waals surface area contributed by atoms with E-state index in [-0.39, 0.29) is 11.9 Å². The van der Waals surface area contributed by atoms with Crippen molar-refractivity contribution in [2.45, 2.75) is 50.4 Å². The summed E-state index contributed by atoms with van der Waals surface area (Å²) < 4.78 is 13.8. The van der Waals surface area contributed by atoms with Crippen molar-refractivity contribution in [3.8, 4) is 0 Å². The van der Waals surface area contributed by atoms with Gasteiger partial charge in [0.15, 0.2) is 0 Å². The summed E-state index contributed by atoms with van der Waals surface area (Å²) in [6, 6.07) is 5.60. The van der Waals surface area contributed by atoms with Crippen LogP contribution in [0, 0.1) is 5.82 Å². The summed E-state index contributed by atoms with van der Waals surface area (Å²) in [6.45, 7) is 0.563. The van der Waals surface area contributed by atoms with Crippen molar-refractivity contribution in [2.24, 2.45) is 0 Å². The van der Waals surface area contributed by atoms with Crippen molar-refractivity contribution in [1.29, 1.82) is 0 Å². The van der Waals surface area contributed by atoms with Gasteiger partial charge in [-0.05, 0) is 37.8 Å². The van der Waals surface area contributed by atoms with Crippen LogP contribution >= 0.6 is 11.6 Å². The van der Waals surface area contributed by atoms with E-state index in [1.807, 2.05) is 0 Å². The van der Waals surface area contributed by atoms with E-state index in [1.54, 1.807) is 12.1 Å². The normalized spacial score (nSPS) is 31.8. The molecule has 4 heteroatoms. The lowest BCUT2D eigenvalue weighted by atomic mass is 9.99. The van der Waals surface area contributed by atoms with Crippen LogP contribution in [0.2, 0.25) is 5.02 Å². The fourth-order valence-corrected chi connectivity index (χ4v) is 3.59. The minimum Gasteiger partial charge on any atom is -0.393 e. The van der Waals surface area contributed by atoms with E-state index < -0.39 is 0 Å². The molecule has 2 fully saturated rings. The minimum atomic E-state index is -0.229. The summed E-state index contributed by atoms with van der Waals surface area (Å²) in [5.41, 5.74) is 0.590. The zero-order valence-electron chi connectivity index (χ0n) is 10.1. The molecule has 2 heterocycles. The molecule has 2 nitrogen and oxygen atoms in total. The first-order valence-corrected chi connectivity index (χ1v) is 6.89. The minimum absolute atomic E-state index is 0.185. The quantitative estimate of drug-likeness (QED) is 0.892. The lowest BCUT2D eigenvalue weighted by Gasteiger charge is -2.37. The molecule has 2 bridgehead atoms. The Morgan fingerprint density at radius 2 is 1.94 bits per heavy atom. The first kappa shape index (κ1) is 12.4. The molecule has 0 spiro atoms. The lowest BCUT2D eigenvalue weighted by molar-refractivity contribution is 0.0305. The largest absolute Gasteiger partial charge is 0.393 e. The van der Waals surface area contributed by atoms with Gasteiger partial charge in [-0.15, -0.1) is 0 Å². The second-order valence-electron chi connectivity index (χ2n) is 5.38. The molecule has 0 aromatic heterocycles. The van der Waals surface area contributed by atoms with E-state index in [1.165, 1.54) is 6.07 Å². The predicted octanol–water partition coefficient (Wildman–Crippen LogP) is 2.97. The molecule has 0 radical (unpaired) electrons. The molecule has 2 saturated heterocycles. The third-order valence-electron chi connectivity index (χ3n) is 4.26. The highest BCUT2D eigenvalue weighted by Crippen LogP contribution is 2.37. The number of piperidine rings is 1. The molecule has 0 amide bonds. The molecule has 2 aliphatic rings. The number of fused-ring (bicyclic) bond motifs is 2. The number of halogens is 2. The standard InChI is InChI=1S/C14H17ClFNO/c15-13-2-1-3-14(16)12(13)8-17-9-4-5-10(17)7-11(18)6-9/h1-3,9-11,18H,4-8H2. The average molecular weight is 270 g/mol. The maximum Gasteiger partial charge on any atom is 0.129 e. The van der Waals surface area contributed by atoms with Crippen LogP contribution in [0.3, 0.4) is 0 Å². The van der Waals surface area contributed by atoms with E-state index in [4.69, 9.17) is 11.6 Å². The molecular formula is C14H17ClFNO. The van der Waals surface area contributed by atoms with Crippen LogP contribution in [-0.2, 0) is 6.54 Å². The van der Waals surface area contributed by atoms with Crippen molar-refractivity contribution in [3.63, 3.8) is 0 Å². The van der Waals surface area contributed by atoms with Gasteiger partial charge in [-0.1, -0.05) is 17.7 Å². The summed E-state index contributed by atoms with van der Waals surface area (Å²) in [5.74, 6) is -0.229. The Morgan fingerprint density at radius 1 is 1.28 bits per heavy atom. The van der Waals surface area contributed by atoms with Crippen molar-refractivity contribution < 1.29 is 9.50 Å². The second kappa shape index (κ2) is 4.80. The fraction of sp³-hybridized carbons (Fsp3) is 0.571. The van der Waals surface area contributed by atoms with Gasteiger partial charge in [-0.3, -0.25) is 4.90 Å². The summed E-state index contributed by atoms with van der Waals surface area (Å²) in [6.07, 6.45) is 3.64. The van der Waals surface area contributed by atoms with Crippen LogP contribution in [0.5, 0.6) is 0 Å². The molecule has 2 unspecified atom stereocenters. The Kier molecular flexibility index (Phi) is 3.31. The van der Waals surface area contributed by atoms with Gasteiger partial charge in [0.2, 0.25) is 0 Å². The highest BCUT2D eigenvalue weighted by atomic mass is 35.5. The van der Waals surface area contributed by atoms with E-state index >= 15 is 0 Å². The molecule has 2 aliphatic heterocycles. The van der Waals surface area contributed by atoms with Crippen LogP contribution in [0.15, 0.2) is 18.2 Å². The van der Waals surface area contributed by atoms with Crippen molar-refractivity contribution in [1.82, 2.24) is 4.90 Å². The SMILES string of the molecule is OC1CC2CCC(C1)N2Cc1c(F)cccc1Cl. The smallest absolute Gasteiger partial charge is 0.129 e. The van der Waals surface area contributed by atoms with Gasteiger partial charge in [0.1, 0.15) is 5.82 Å². The first-order valence-electron chi connectivity index (χ1n) is 6.52. The molecule has 1 aromatic rings. The molecule has 3 rings (SSSR count). The molecule has 18 heavy (non-hydrogen) atoms. The molecular weight excluding hydrogens is 253 g/mol. The zero-order chi connectivity index (χ0) is 12.7. The highest BCUT2D eigenvalue weighted by molar-refractivity contribution is 6.31.